The normalized spacial score (nSPS) is 13.8. The second-order valence-electron chi connectivity index (χ2n) is 5.28. The Labute approximate surface area is 128 Å². The lowest BCUT2D eigenvalue weighted by molar-refractivity contribution is -0.117. The predicted molar refractivity (Wildman–Crippen MR) is 85.1 cm³/mol. The van der Waals surface area contributed by atoms with E-state index in [-0.39, 0.29) is 11.8 Å². The predicted octanol–water partition coefficient (Wildman–Crippen LogP) is 4.14. The number of nitrogens with one attached hydrogen (secondary N) is 2. The lowest BCUT2D eigenvalue weighted by Gasteiger charge is -2.09. The molecule has 4 nitrogen and oxygen atoms in total. The third-order valence-corrected chi connectivity index (χ3v) is 3.83. The zero-order chi connectivity index (χ0) is 14.8. The van der Waals surface area contributed by atoms with Crippen molar-refractivity contribution < 1.29 is 4.79 Å². The van der Waals surface area contributed by atoms with Gasteiger partial charge in [0.25, 0.3) is 0 Å². The Hall–Kier alpha value is -2.07. The van der Waals surface area contributed by atoms with Gasteiger partial charge in [0.2, 0.25) is 5.91 Å². The van der Waals surface area contributed by atoms with Crippen LogP contribution >= 0.6 is 11.6 Å². The molecule has 0 unspecified atom stereocenters. The molecule has 0 radical (unpaired) electrons. The van der Waals surface area contributed by atoms with E-state index in [4.69, 9.17) is 11.6 Å². The molecular weight excluding hydrogens is 286 g/mol. The molecule has 2 aromatic rings. The number of rotatable bonds is 4. The maximum atomic E-state index is 11.6. The molecule has 108 valence electrons. The van der Waals surface area contributed by atoms with E-state index in [1.54, 1.807) is 12.3 Å². The number of carbonyl (C=O) groups is 1. The van der Waals surface area contributed by atoms with Gasteiger partial charge in [0, 0.05) is 16.6 Å². The van der Waals surface area contributed by atoms with E-state index in [0.29, 0.717) is 5.82 Å². The van der Waals surface area contributed by atoms with Gasteiger partial charge in [-0.3, -0.25) is 4.79 Å². The maximum Gasteiger partial charge on any atom is 0.228 e. The number of hydrogen-bond donors (Lipinski definition) is 2. The molecule has 1 aromatic carbocycles. The van der Waals surface area contributed by atoms with Crippen LogP contribution < -0.4 is 10.6 Å². The lowest BCUT2D eigenvalue weighted by atomic mass is 10.2. The van der Waals surface area contributed by atoms with E-state index in [1.807, 2.05) is 31.2 Å². The first-order valence-electron chi connectivity index (χ1n) is 6.92. The number of halogens is 1. The average Bonchev–Trinajstić information content (AvgIpc) is 3.30. The largest absolute Gasteiger partial charge is 0.354 e. The van der Waals surface area contributed by atoms with Crippen LogP contribution in [-0.2, 0) is 4.79 Å². The van der Waals surface area contributed by atoms with Gasteiger partial charge in [-0.05, 0) is 49.6 Å². The highest BCUT2D eigenvalue weighted by Crippen LogP contribution is 2.30. The Balaban J connectivity index is 1.65. The minimum atomic E-state index is 0.0634. The topological polar surface area (TPSA) is 54.0 Å². The quantitative estimate of drug-likeness (QED) is 0.892. The smallest absolute Gasteiger partial charge is 0.228 e. The molecular formula is C16H16ClN3O. The second kappa shape index (κ2) is 5.74. The van der Waals surface area contributed by atoms with Crippen molar-refractivity contribution in [2.24, 2.45) is 5.92 Å². The summed E-state index contributed by atoms with van der Waals surface area (Å²) < 4.78 is 0. The molecule has 21 heavy (non-hydrogen) atoms. The summed E-state index contributed by atoms with van der Waals surface area (Å²) in [6, 6.07) is 9.47. The van der Waals surface area contributed by atoms with Gasteiger partial charge in [0.1, 0.15) is 5.82 Å². The summed E-state index contributed by atoms with van der Waals surface area (Å²) in [6.07, 6.45) is 3.66. The molecule has 0 aliphatic heterocycles. The van der Waals surface area contributed by atoms with Gasteiger partial charge in [-0.2, -0.15) is 0 Å². The minimum absolute atomic E-state index is 0.0634. The van der Waals surface area contributed by atoms with Gasteiger partial charge in [-0.25, -0.2) is 4.98 Å². The number of aryl methyl sites for hydroxylation is 1. The summed E-state index contributed by atoms with van der Waals surface area (Å²) in [7, 11) is 0. The standard InChI is InChI=1S/C16H16ClN3O/c1-10-2-5-12(8-14(10)17)19-13-6-7-15(18-9-13)20-16(21)11-3-4-11/h2,5-9,11,19H,3-4H2,1H3,(H,18,20,21). The van der Waals surface area contributed by atoms with Crippen LogP contribution in [0.15, 0.2) is 36.5 Å². The van der Waals surface area contributed by atoms with Gasteiger partial charge in [-0.1, -0.05) is 17.7 Å². The van der Waals surface area contributed by atoms with Gasteiger partial charge < -0.3 is 10.6 Å². The van der Waals surface area contributed by atoms with Crippen molar-refractivity contribution in [3.8, 4) is 0 Å². The van der Waals surface area contributed by atoms with Crippen molar-refractivity contribution in [1.29, 1.82) is 0 Å². The average molecular weight is 302 g/mol. The number of benzene rings is 1. The molecule has 5 heteroatoms. The molecule has 0 bridgehead atoms. The molecule has 0 saturated heterocycles. The number of hydrogen-bond acceptors (Lipinski definition) is 3. The Morgan fingerprint density at radius 3 is 2.62 bits per heavy atom. The Morgan fingerprint density at radius 1 is 1.24 bits per heavy atom. The monoisotopic (exact) mass is 301 g/mol. The summed E-state index contributed by atoms with van der Waals surface area (Å²) in [6.45, 7) is 1.96. The Morgan fingerprint density at radius 2 is 2.00 bits per heavy atom. The van der Waals surface area contributed by atoms with Crippen molar-refractivity contribution in [3.05, 3.63) is 47.1 Å². The van der Waals surface area contributed by atoms with Crippen LogP contribution in [0.3, 0.4) is 0 Å². The maximum absolute atomic E-state index is 11.6. The van der Waals surface area contributed by atoms with E-state index in [0.717, 1.165) is 34.8 Å². The molecule has 2 N–H and O–H groups in total. The van der Waals surface area contributed by atoms with Crippen LogP contribution in [0.2, 0.25) is 5.02 Å². The molecule has 1 heterocycles. The number of pyridine rings is 1. The van der Waals surface area contributed by atoms with Crippen molar-refractivity contribution in [2.75, 3.05) is 10.6 Å². The molecule has 0 spiro atoms. The summed E-state index contributed by atoms with van der Waals surface area (Å²) in [5.41, 5.74) is 2.79. The zero-order valence-corrected chi connectivity index (χ0v) is 12.4. The number of aromatic nitrogens is 1. The number of amides is 1. The van der Waals surface area contributed by atoms with Crippen LogP contribution in [0.1, 0.15) is 18.4 Å². The van der Waals surface area contributed by atoms with Crippen LogP contribution in [0, 0.1) is 12.8 Å². The van der Waals surface area contributed by atoms with Gasteiger partial charge in [0.05, 0.1) is 11.9 Å². The molecule has 1 aromatic heterocycles. The van der Waals surface area contributed by atoms with Gasteiger partial charge >= 0.3 is 0 Å². The Kier molecular flexibility index (Phi) is 3.80. The van der Waals surface area contributed by atoms with Crippen molar-refractivity contribution in [1.82, 2.24) is 4.98 Å². The minimum Gasteiger partial charge on any atom is -0.354 e. The van der Waals surface area contributed by atoms with Crippen molar-refractivity contribution >= 4 is 34.7 Å². The summed E-state index contributed by atoms with van der Waals surface area (Å²) >= 11 is 6.09. The highest BCUT2D eigenvalue weighted by atomic mass is 35.5. The summed E-state index contributed by atoms with van der Waals surface area (Å²) in [5, 5.41) is 6.76. The number of anilines is 3. The first-order valence-corrected chi connectivity index (χ1v) is 7.30. The number of nitrogens with zero attached hydrogens (tertiary/aromatic N) is 1. The van der Waals surface area contributed by atoms with Gasteiger partial charge in [0.15, 0.2) is 0 Å². The molecule has 1 fully saturated rings. The highest BCUT2D eigenvalue weighted by Gasteiger charge is 2.29. The third-order valence-electron chi connectivity index (χ3n) is 3.42. The Bertz CT molecular complexity index is 666. The van der Waals surface area contributed by atoms with Crippen LogP contribution in [0.25, 0.3) is 0 Å². The number of carbonyl (C=O) groups excluding carboxylic acids is 1. The fourth-order valence-corrected chi connectivity index (χ4v) is 2.13. The fourth-order valence-electron chi connectivity index (χ4n) is 1.95. The van der Waals surface area contributed by atoms with Crippen molar-refractivity contribution in [2.45, 2.75) is 19.8 Å². The fraction of sp³-hybridized carbons (Fsp3) is 0.250. The van der Waals surface area contributed by atoms with Crippen LogP contribution in [0.5, 0.6) is 0 Å². The van der Waals surface area contributed by atoms with E-state index in [2.05, 4.69) is 15.6 Å². The first-order chi connectivity index (χ1) is 10.1. The van der Waals surface area contributed by atoms with E-state index < -0.39 is 0 Å². The van der Waals surface area contributed by atoms with E-state index in [1.165, 1.54) is 0 Å². The van der Waals surface area contributed by atoms with E-state index >= 15 is 0 Å². The van der Waals surface area contributed by atoms with Crippen LogP contribution in [-0.4, -0.2) is 10.9 Å². The molecule has 1 saturated carbocycles. The molecule has 1 amide bonds. The summed E-state index contributed by atoms with van der Waals surface area (Å²) in [5.74, 6) is 0.826. The first kappa shape index (κ1) is 13.9. The highest BCUT2D eigenvalue weighted by molar-refractivity contribution is 6.31. The van der Waals surface area contributed by atoms with E-state index in [9.17, 15) is 4.79 Å². The third kappa shape index (κ3) is 3.52. The molecule has 3 rings (SSSR count). The molecule has 1 aliphatic rings. The van der Waals surface area contributed by atoms with Gasteiger partial charge in [-0.15, -0.1) is 0 Å². The van der Waals surface area contributed by atoms with Crippen LogP contribution in [0.4, 0.5) is 17.2 Å². The van der Waals surface area contributed by atoms with Crippen molar-refractivity contribution in [3.63, 3.8) is 0 Å². The molecule has 0 atom stereocenters. The lowest BCUT2D eigenvalue weighted by Crippen LogP contribution is -2.14. The summed E-state index contributed by atoms with van der Waals surface area (Å²) in [4.78, 5) is 15.9. The second-order valence-corrected chi connectivity index (χ2v) is 5.69. The SMILES string of the molecule is Cc1ccc(Nc2ccc(NC(=O)C3CC3)nc2)cc1Cl. The molecule has 1 aliphatic carbocycles. The zero-order valence-electron chi connectivity index (χ0n) is 11.7.